The Morgan fingerprint density at radius 3 is 2.42 bits per heavy atom. The fourth-order valence-electron chi connectivity index (χ4n) is 2.00. The molecule has 24 heavy (non-hydrogen) atoms. The normalized spacial score (nSPS) is 11.7. The molecule has 0 bridgehead atoms. The van der Waals surface area contributed by atoms with E-state index in [-0.39, 0.29) is 10.7 Å². The van der Waals surface area contributed by atoms with Crippen LogP contribution in [0.15, 0.2) is 24.3 Å². The monoisotopic (exact) mass is 358 g/mol. The van der Waals surface area contributed by atoms with Crippen molar-refractivity contribution in [1.29, 1.82) is 0 Å². The zero-order chi connectivity index (χ0) is 17.9. The van der Waals surface area contributed by atoms with Crippen LogP contribution in [-0.2, 0) is 6.18 Å². The van der Waals surface area contributed by atoms with Gasteiger partial charge in [-0.2, -0.15) is 13.2 Å². The number of hydrogen-bond acceptors (Lipinski definition) is 4. The summed E-state index contributed by atoms with van der Waals surface area (Å²) in [6.07, 6.45) is -4.51. The molecule has 0 spiro atoms. The summed E-state index contributed by atoms with van der Waals surface area (Å²) in [4.78, 5) is 8.45. The molecule has 1 heterocycles. The van der Waals surface area contributed by atoms with E-state index in [1.165, 1.54) is 12.1 Å². The van der Waals surface area contributed by atoms with Gasteiger partial charge in [0.15, 0.2) is 0 Å². The van der Waals surface area contributed by atoms with Gasteiger partial charge in [0.2, 0.25) is 0 Å². The number of anilines is 3. The number of rotatable bonds is 5. The van der Waals surface area contributed by atoms with Crippen molar-refractivity contribution in [2.24, 2.45) is 5.92 Å². The summed E-state index contributed by atoms with van der Waals surface area (Å²) < 4.78 is 38.8. The third kappa shape index (κ3) is 4.99. The first-order valence-corrected chi connectivity index (χ1v) is 7.76. The van der Waals surface area contributed by atoms with Crippen molar-refractivity contribution in [2.45, 2.75) is 26.9 Å². The molecule has 1 aromatic carbocycles. The minimum atomic E-state index is -4.51. The maximum atomic E-state index is 12.9. The molecule has 0 atom stereocenters. The molecule has 1 aromatic heterocycles. The number of benzene rings is 1. The molecule has 2 N–H and O–H groups in total. The quantitative estimate of drug-likeness (QED) is 0.764. The average molecular weight is 359 g/mol. The second kappa shape index (κ2) is 7.25. The van der Waals surface area contributed by atoms with Crippen LogP contribution in [0.1, 0.15) is 25.2 Å². The molecule has 0 aliphatic rings. The van der Waals surface area contributed by atoms with E-state index in [1.54, 1.807) is 13.0 Å². The number of nitrogens with zero attached hydrogens (tertiary/aromatic N) is 2. The molecule has 8 heteroatoms. The zero-order valence-electron chi connectivity index (χ0n) is 13.5. The third-order valence-electron chi connectivity index (χ3n) is 3.07. The van der Waals surface area contributed by atoms with Crippen molar-refractivity contribution in [3.63, 3.8) is 0 Å². The maximum Gasteiger partial charge on any atom is 0.417 e. The molecule has 4 nitrogen and oxygen atoms in total. The molecule has 0 aliphatic heterocycles. The number of aryl methyl sites for hydroxylation is 1. The van der Waals surface area contributed by atoms with Crippen molar-refractivity contribution in [3.8, 4) is 0 Å². The highest BCUT2D eigenvalue weighted by molar-refractivity contribution is 6.31. The van der Waals surface area contributed by atoms with E-state index in [0.29, 0.717) is 23.4 Å². The van der Waals surface area contributed by atoms with Gasteiger partial charge < -0.3 is 10.6 Å². The van der Waals surface area contributed by atoms with Crippen LogP contribution in [0.3, 0.4) is 0 Å². The predicted molar refractivity (Wildman–Crippen MR) is 89.8 cm³/mol. The van der Waals surface area contributed by atoms with Gasteiger partial charge in [0.05, 0.1) is 10.6 Å². The second-order valence-electron chi connectivity index (χ2n) is 5.78. The van der Waals surface area contributed by atoms with E-state index in [9.17, 15) is 13.2 Å². The van der Waals surface area contributed by atoms with Gasteiger partial charge in [0.25, 0.3) is 0 Å². The zero-order valence-corrected chi connectivity index (χ0v) is 14.3. The van der Waals surface area contributed by atoms with E-state index < -0.39 is 11.7 Å². The first-order valence-electron chi connectivity index (χ1n) is 7.38. The number of hydrogen-bond donors (Lipinski definition) is 2. The lowest BCUT2D eigenvalue weighted by Crippen LogP contribution is -2.11. The Bertz CT molecular complexity index is 717. The van der Waals surface area contributed by atoms with Gasteiger partial charge in [0.1, 0.15) is 17.5 Å². The van der Waals surface area contributed by atoms with Crippen molar-refractivity contribution < 1.29 is 13.2 Å². The van der Waals surface area contributed by atoms with E-state index >= 15 is 0 Å². The Labute approximate surface area is 143 Å². The fourth-order valence-corrected chi connectivity index (χ4v) is 2.22. The van der Waals surface area contributed by atoms with Crippen molar-refractivity contribution in [2.75, 3.05) is 17.2 Å². The summed E-state index contributed by atoms with van der Waals surface area (Å²) in [6, 6.07) is 5.28. The lowest BCUT2D eigenvalue weighted by molar-refractivity contribution is -0.137. The standard InChI is InChI=1S/C16H18ClF3N4/c1-9(2)8-21-14-7-15(23-10(3)22-14)24-11-4-5-13(17)12(6-11)16(18,19)20/h4-7,9H,8H2,1-3H3,(H2,21,22,23,24). The summed E-state index contributed by atoms with van der Waals surface area (Å²) in [5.41, 5.74) is -0.641. The van der Waals surface area contributed by atoms with Gasteiger partial charge >= 0.3 is 6.18 Å². The van der Waals surface area contributed by atoms with Crippen molar-refractivity contribution in [1.82, 2.24) is 9.97 Å². The molecule has 0 radical (unpaired) electrons. The molecule has 0 aliphatic carbocycles. The maximum absolute atomic E-state index is 12.9. The minimum Gasteiger partial charge on any atom is -0.370 e. The molecule has 0 unspecified atom stereocenters. The highest BCUT2D eigenvalue weighted by Crippen LogP contribution is 2.36. The van der Waals surface area contributed by atoms with Crippen LogP contribution in [0.4, 0.5) is 30.5 Å². The van der Waals surface area contributed by atoms with E-state index in [0.717, 1.165) is 12.6 Å². The van der Waals surface area contributed by atoms with E-state index in [1.807, 2.05) is 0 Å². The Morgan fingerprint density at radius 2 is 1.79 bits per heavy atom. The molecule has 2 rings (SSSR count). The molecule has 2 aromatic rings. The number of alkyl halides is 3. The predicted octanol–water partition coefficient (Wildman–Crippen LogP) is 5.27. The van der Waals surface area contributed by atoms with E-state index in [4.69, 9.17) is 11.6 Å². The number of halogens is 4. The topological polar surface area (TPSA) is 49.8 Å². The van der Waals surface area contributed by atoms with Crippen LogP contribution in [0.5, 0.6) is 0 Å². The first kappa shape index (κ1) is 18.3. The largest absolute Gasteiger partial charge is 0.417 e. The lowest BCUT2D eigenvalue weighted by atomic mass is 10.2. The van der Waals surface area contributed by atoms with Crippen LogP contribution < -0.4 is 10.6 Å². The Balaban J connectivity index is 2.25. The van der Waals surface area contributed by atoms with Crippen molar-refractivity contribution >= 4 is 28.9 Å². The van der Waals surface area contributed by atoms with Gasteiger partial charge in [-0.25, -0.2) is 9.97 Å². The minimum absolute atomic E-state index is 0.250. The average Bonchev–Trinajstić information content (AvgIpc) is 2.45. The first-order chi connectivity index (χ1) is 11.1. The summed E-state index contributed by atoms with van der Waals surface area (Å²) in [5.74, 6) is 1.96. The summed E-state index contributed by atoms with van der Waals surface area (Å²) >= 11 is 5.62. The van der Waals surface area contributed by atoms with Crippen molar-refractivity contribution in [3.05, 3.63) is 40.7 Å². The van der Waals surface area contributed by atoms with Crippen LogP contribution in [0.25, 0.3) is 0 Å². The second-order valence-corrected chi connectivity index (χ2v) is 6.18. The fraction of sp³-hybridized carbons (Fsp3) is 0.375. The molecule has 0 amide bonds. The highest BCUT2D eigenvalue weighted by Gasteiger charge is 2.33. The number of nitrogens with one attached hydrogen (secondary N) is 2. The molecule has 130 valence electrons. The van der Waals surface area contributed by atoms with Gasteiger partial charge in [-0.15, -0.1) is 0 Å². The SMILES string of the molecule is Cc1nc(NCC(C)C)cc(Nc2ccc(Cl)c(C(F)(F)F)c2)n1. The molecular formula is C16H18ClF3N4. The Hall–Kier alpha value is -2.02. The Kier molecular flexibility index (Phi) is 5.54. The van der Waals surface area contributed by atoms with Gasteiger partial charge in [0, 0.05) is 18.3 Å². The van der Waals surface area contributed by atoms with Gasteiger partial charge in [-0.1, -0.05) is 25.4 Å². The van der Waals surface area contributed by atoms with Crippen LogP contribution in [0.2, 0.25) is 5.02 Å². The molecule has 0 saturated carbocycles. The summed E-state index contributed by atoms with van der Waals surface area (Å²) in [7, 11) is 0. The lowest BCUT2D eigenvalue weighted by Gasteiger charge is -2.13. The van der Waals surface area contributed by atoms with Gasteiger partial charge in [-0.3, -0.25) is 0 Å². The highest BCUT2D eigenvalue weighted by atomic mass is 35.5. The molecule has 0 fully saturated rings. The smallest absolute Gasteiger partial charge is 0.370 e. The number of aromatic nitrogens is 2. The Morgan fingerprint density at radius 1 is 1.12 bits per heavy atom. The van der Waals surface area contributed by atoms with E-state index in [2.05, 4.69) is 34.4 Å². The van der Waals surface area contributed by atoms with Gasteiger partial charge in [-0.05, 0) is 31.0 Å². The molecule has 0 saturated heterocycles. The van der Waals surface area contributed by atoms with Crippen LogP contribution in [0, 0.1) is 12.8 Å². The summed E-state index contributed by atoms with van der Waals surface area (Å²) in [6.45, 7) is 6.57. The third-order valence-corrected chi connectivity index (χ3v) is 3.40. The van der Waals surface area contributed by atoms with Crippen LogP contribution >= 0.6 is 11.6 Å². The van der Waals surface area contributed by atoms with Crippen LogP contribution in [-0.4, -0.2) is 16.5 Å². The summed E-state index contributed by atoms with van der Waals surface area (Å²) in [5, 5.41) is 5.68. The molecular weight excluding hydrogens is 341 g/mol.